The van der Waals surface area contributed by atoms with Gasteiger partial charge in [-0.25, -0.2) is 4.98 Å². The predicted molar refractivity (Wildman–Crippen MR) is 58.9 cm³/mol. The van der Waals surface area contributed by atoms with Crippen LogP contribution in [0.4, 0.5) is 5.95 Å². The molecule has 2 rings (SSSR count). The molecule has 15 heavy (non-hydrogen) atoms. The number of hydrogen-bond acceptors (Lipinski definition) is 4. The molecule has 2 heterocycles. The first-order valence-electron chi connectivity index (χ1n) is 4.79. The third kappa shape index (κ3) is 1.68. The minimum absolute atomic E-state index is 0.0661. The smallest absolute Gasteiger partial charge is 0.251 e. The van der Waals surface area contributed by atoms with Crippen LogP contribution in [0.5, 0.6) is 0 Å². The quantitative estimate of drug-likeness (QED) is 0.784. The average Bonchev–Trinajstić information content (AvgIpc) is 2.25. The van der Waals surface area contributed by atoms with Gasteiger partial charge in [-0.3, -0.25) is 9.36 Å². The highest BCUT2D eigenvalue weighted by atomic mass is 16.1. The zero-order chi connectivity index (χ0) is 10.8. The van der Waals surface area contributed by atoms with Gasteiger partial charge in [0.05, 0.1) is 0 Å². The fourth-order valence-corrected chi connectivity index (χ4v) is 1.39. The normalized spacial score (nSPS) is 10.5. The molecule has 2 aromatic heterocycles. The van der Waals surface area contributed by atoms with Crippen molar-refractivity contribution in [1.82, 2.24) is 14.5 Å². The Hall–Kier alpha value is -1.91. The van der Waals surface area contributed by atoms with Crippen molar-refractivity contribution in [3.63, 3.8) is 0 Å². The van der Waals surface area contributed by atoms with Crippen molar-refractivity contribution < 1.29 is 0 Å². The Morgan fingerprint density at radius 3 is 3.00 bits per heavy atom. The zero-order valence-electron chi connectivity index (χ0n) is 8.69. The van der Waals surface area contributed by atoms with Crippen molar-refractivity contribution in [1.29, 1.82) is 0 Å². The molecule has 5 nitrogen and oxygen atoms in total. The number of fused-ring (bicyclic) bond motifs is 1. The fraction of sp³-hybridized carbons (Fsp3) is 0.300. The summed E-state index contributed by atoms with van der Waals surface area (Å²) in [5.41, 5.74) is 0.581. The Labute approximate surface area is 86.8 Å². The molecule has 0 aliphatic heterocycles. The first-order valence-corrected chi connectivity index (χ1v) is 4.79. The minimum Gasteiger partial charge on any atom is -0.354 e. The molecule has 2 aromatic rings. The van der Waals surface area contributed by atoms with E-state index in [9.17, 15) is 4.79 Å². The van der Waals surface area contributed by atoms with Gasteiger partial charge in [-0.1, -0.05) is 0 Å². The molecule has 0 atom stereocenters. The van der Waals surface area contributed by atoms with Crippen LogP contribution in [-0.4, -0.2) is 21.1 Å². The fourth-order valence-electron chi connectivity index (χ4n) is 1.39. The summed E-state index contributed by atoms with van der Waals surface area (Å²) in [7, 11) is 1.70. The molecular weight excluding hydrogens is 192 g/mol. The molecule has 0 radical (unpaired) electrons. The van der Waals surface area contributed by atoms with Crippen molar-refractivity contribution in [2.75, 3.05) is 11.9 Å². The number of aromatic nitrogens is 3. The molecule has 0 spiro atoms. The van der Waals surface area contributed by atoms with E-state index in [-0.39, 0.29) is 5.56 Å². The maximum absolute atomic E-state index is 11.4. The van der Waals surface area contributed by atoms with Crippen molar-refractivity contribution >= 4 is 17.0 Å². The van der Waals surface area contributed by atoms with Gasteiger partial charge in [0.2, 0.25) is 5.95 Å². The van der Waals surface area contributed by atoms with E-state index in [4.69, 9.17) is 0 Å². The number of aryl methyl sites for hydroxylation is 1. The Balaban J connectivity index is 2.68. The second kappa shape index (κ2) is 3.68. The van der Waals surface area contributed by atoms with Crippen LogP contribution in [0, 0.1) is 0 Å². The van der Waals surface area contributed by atoms with Gasteiger partial charge in [-0.05, 0) is 13.0 Å². The van der Waals surface area contributed by atoms with Crippen molar-refractivity contribution in [2.45, 2.75) is 6.92 Å². The van der Waals surface area contributed by atoms with Gasteiger partial charge in [-0.2, -0.15) is 4.98 Å². The lowest BCUT2D eigenvalue weighted by atomic mass is 10.3. The summed E-state index contributed by atoms with van der Waals surface area (Å²) in [6.07, 6.45) is 1.71. The van der Waals surface area contributed by atoms with E-state index in [2.05, 4.69) is 15.3 Å². The molecule has 0 bridgehead atoms. The third-order valence-corrected chi connectivity index (χ3v) is 2.18. The molecule has 0 amide bonds. The predicted octanol–water partition coefficient (Wildman–Crippen LogP) is 0.760. The monoisotopic (exact) mass is 204 g/mol. The maximum atomic E-state index is 11.4. The van der Waals surface area contributed by atoms with Crippen LogP contribution >= 0.6 is 0 Å². The molecule has 0 saturated heterocycles. The van der Waals surface area contributed by atoms with Crippen molar-refractivity contribution in [3.8, 4) is 0 Å². The van der Waals surface area contributed by atoms with Gasteiger partial charge in [0.1, 0.15) is 5.65 Å². The van der Waals surface area contributed by atoms with Crippen LogP contribution in [0.1, 0.15) is 6.92 Å². The van der Waals surface area contributed by atoms with E-state index >= 15 is 0 Å². The third-order valence-electron chi connectivity index (χ3n) is 2.18. The van der Waals surface area contributed by atoms with E-state index in [1.807, 2.05) is 6.92 Å². The number of anilines is 1. The lowest BCUT2D eigenvalue weighted by Gasteiger charge is -2.05. The summed E-state index contributed by atoms with van der Waals surface area (Å²) in [5.74, 6) is 0.547. The highest BCUT2D eigenvalue weighted by Crippen LogP contribution is 2.08. The minimum atomic E-state index is -0.0661. The second-order valence-electron chi connectivity index (χ2n) is 3.23. The Kier molecular flexibility index (Phi) is 2.37. The first-order chi connectivity index (χ1) is 7.22. The summed E-state index contributed by atoms with van der Waals surface area (Å²) < 4.78 is 1.51. The highest BCUT2D eigenvalue weighted by molar-refractivity contribution is 5.74. The van der Waals surface area contributed by atoms with Gasteiger partial charge in [0.15, 0.2) is 0 Å². The van der Waals surface area contributed by atoms with E-state index < -0.39 is 0 Å². The average molecular weight is 204 g/mol. The molecule has 0 aliphatic rings. The molecule has 0 aromatic carbocycles. The second-order valence-corrected chi connectivity index (χ2v) is 3.23. The molecule has 1 N–H and O–H groups in total. The zero-order valence-corrected chi connectivity index (χ0v) is 8.69. The molecule has 0 unspecified atom stereocenters. The van der Waals surface area contributed by atoms with E-state index in [0.29, 0.717) is 11.6 Å². The number of nitrogens with one attached hydrogen (secondary N) is 1. The van der Waals surface area contributed by atoms with E-state index in [1.54, 1.807) is 19.3 Å². The Morgan fingerprint density at radius 2 is 2.27 bits per heavy atom. The van der Waals surface area contributed by atoms with Gasteiger partial charge in [0, 0.05) is 31.2 Å². The van der Waals surface area contributed by atoms with Crippen LogP contribution < -0.4 is 10.9 Å². The number of pyridine rings is 1. The number of nitrogens with zero attached hydrogens (tertiary/aromatic N) is 3. The van der Waals surface area contributed by atoms with Gasteiger partial charge < -0.3 is 5.32 Å². The summed E-state index contributed by atoms with van der Waals surface area (Å²) in [4.78, 5) is 19.8. The lowest BCUT2D eigenvalue weighted by molar-refractivity contribution is 0.883. The molecule has 0 saturated carbocycles. The number of hydrogen-bond donors (Lipinski definition) is 1. The van der Waals surface area contributed by atoms with Crippen LogP contribution in [0.25, 0.3) is 11.0 Å². The maximum Gasteiger partial charge on any atom is 0.251 e. The van der Waals surface area contributed by atoms with E-state index in [0.717, 1.165) is 11.9 Å². The Bertz CT molecular complexity index is 547. The van der Waals surface area contributed by atoms with Crippen molar-refractivity contribution in [2.24, 2.45) is 7.05 Å². The largest absolute Gasteiger partial charge is 0.354 e. The van der Waals surface area contributed by atoms with Crippen molar-refractivity contribution in [3.05, 3.63) is 28.7 Å². The lowest BCUT2D eigenvalue weighted by Crippen LogP contribution is -2.16. The SMILES string of the molecule is CCNc1ncc2ccc(=O)n(C)c2n1. The number of rotatable bonds is 2. The summed E-state index contributed by atoms with van der Waals surface area (Å²) >= 11 is 0. The van der Waals surface area contributed by atoms with Crippen LogP contribution in [0.3, 0.4) is 0 Å². The van der Waals surface area contributed by atoms with Gasteiger partial charge in [-0.15, -0.1) is 0 Å². The highest BCUT2D eigenvalue weighted by Gasteiger charge is 2.02. The molecule has 0 fully saturated rings. The van der Waals surface area contributed by atoms with E-state index in [1.165, 1.54) is 10.6 Å². The van der Waals surface area contributed by atoms with Crippen LogP contribution in [-0.2, 0) is 7.05 Å². The standard InChI is InChI=1S/C10H12N4O/c1-3-11-10-12-6-7-4-5-8(15)14(2)9(7)13-10/h4-6H,3H2,1-2H3,(H,11,12,13). The molecule has 5 heteroatoms. The van der Waals surface area contributed by atoms with Crippen LogP contribution in [0.15, 0.2) is 23.1 Å². The summed E-state index contributed by atoms with van der Waals surface area (Å²) in [6, 6.07) is 3.24. The molecule has 78 valence electrons. The molecular formula is C10H12N4O. The molecule has 0 aliphatic carbocycles. The topological polar surface area (TPSA) is 59.8 Å². The summed E-state index contributed by atoms with van der Waals surface area (Å²) in [6.45, 7) is 2.73. The van der Waals surface area contributed by atoms with Gasteiger partial charge in [0.25, 0.3) is 5.56 Å². The van der Waals surface area contributed by atoms with Crippen LogP contribution in [0.2, 0.25) is 0 Å². The van der Waals surface area contributed by atoms with Gasteiger partial charge >= 0.3 is 0 Å². The first kappa shape index (κ1) is 9.64. The summed E-state index contributed by atoms with van der Waals surface area (Å²) in [5, 5.41) is 3.87. The Morgan fingerprint density at radius 1 is 1.47 bits per heavy atom.